The highest BCUT2D eigenvalue weighted by atomic mass is 16.7. The molecule has 1 aromatic carbocycles. The summed E-state index contributed by atoms with van der Waals surface area (Å²) >= 11 is 0. The summed E-state index contributed by atoms with van der Waals surface area (Å²) in [5.74, 6) is 2.64. The molecule has 13 heteroatoms. The molecule has 0 aliphatic carbocycles. The minimum Gasteiger partial charge on any atom is -0.487 e. The van der Waals surface area contributed by atoms with Crippen LogP contribution in [0.25, 0.3) is 0 Å². The fourth-order valence-electron chi connectivity index (χ4n) is 9.15. The van der Waals surface area contributed by atoms with Gasteiger partial charge >= 0.3 is 0 Å². The van der Waals surface area contributed by atoms with Crippen molar-refractivity contribution in [2.75, 3.05) is 26.4 Å². The van der Waals surface area contributed by atoms with Crippen LogP contribution < -0.4 is 14.8 Å². The van der Waals surface area contributed by atoms with Crippen molar-refractivity contribution in [1.82, 2.24) is 5.32 Å². The number of hydrogen-bond donors (Lipinski definition) is 6. The van der Waals surface area contributed by atoms with Gasteiger partial charge in [-0.1, -0.05) is 79.6 Å². The fourth-order valence-corrected chi connectivity index (χ4v) is 9.15. The Bertz CT molecular complexity index is 1460. The first-order chi connectivity index (χ1) is 27.9. The Labute approximate surface area is 353 Å². The van der Waals surface area contributed by atoms with Crippen LogP contribution in [0, 0.1) is 44.4 Å². The van der Waals surface area contributed by atoms with Crippen LogP contribution >= 0.6 is 0 Å². The molecule has 340 valence electrons. The number of hydrogen-bond acceptors (Lipinski definition) is 12. The summed E-state index contributed by atoms with van der Waals surface area (Å²) < 4.78 is 36.6. The molecule has 3 heterocycles. The van der Waals surface area contributed by atoms with Crippen LogP contribution in [0.2, 0.25) is 0 Å². The summed E-state index contributed by atoms with van der Waals surface area (Å²) in [4.78, 5) is 13.5. The number of aliphatic hydroxyl groups is 5. The molecule has 59 heavy (non-hydrogen) atoms. The lowest BCUT2D eigenvalue weighted by Crippen LogP contribution is -2.67. The van der Waals surface area contributed by atoms with Gasteiger partial charge in [0.2, 0.25) is 0 Å². The highest BCUT2D eigenvalue weighted by Gasteiger charge is 2.51. The van der Waals surface area contributed by atoms with Crippen molar-refractivity contribution < 1.29 is 58.7 Å². The smallest absolute Gasteiger partial charge is 0.258 e. The van der Waals surface area contributed by atoms with E-state index in [1.54, 1.807) is 13.8 Å². The number of carbonyl (C=O) groups excluding carboxylic acids is 1. The predicted octanol–water partition coefficient (Wildman–Crippen LogP) is 5.57. The Kier molecular flexibility index (Phi) is 19.2. The number of fused-ring (bicyclic) bond motifs is 1. The van der Waals surface area contributed by atoms with Gasteiger partial charge in [-0.15, -0.1) is 0 Å². The molecular formula is C46H79NO12. The molecule has 0 spiro atoms. The van der Waals surface area contributed by atoms with Gasteiger partial charge in [-0.3, -0.25) is 4.79 Å². The summed E-state index contributed by atoms with van der Waals surface area (Å²) in [5.41, 5.74) is 3.59. The minimum absolute atomic E-state index is 0.258. The second-order valence-electron chi connectivity index (χ2n) is 18.6. The number of amides is 1. The monoisotopic (exact) mass is 838 g/mol. The van der Waals surface area contributed by atoms with Crippen LogP contribution in [-0.2, 0) is 30.2 Å². The Morgan fingerprint density at radius 2 is 1.47 bits per heavy atom. The molecule has 4 rings (SSSR count). The molecule has 0 aromatic heterocycles. The van der Waals surface area contributed by atoms with Gasteiger partial charge in [0.1, 0.15) is 53.7 Å². The summed E-state index contributed by atoms with van der Waals surface area (Å²) in [5, 5.41) is 55.1. The zero-order valence-electron chi connectivity index (χ0n) is 37.7. The van der Waals surface area contributed by atoms with E-state index in [-0.39, 0.29) is 12.2 Å². The molecule has 0 saturated carbocycles. The number of nitrogens with one attached hydrogen (secondary N) is 1. The third-order valence-electron chi connectivity index (χ3n) is 13.2. The van der Waals surface area contributed by atoms with Gasteiger partial charge < -0.3 is 59.3 Å². The first kappa shape index (κ1) is 49.6. The topological polar surface area (TPSA) is 186 Å². The summed E-state index contributed by atoms with van der Waals surface area (Å²) in [6.45, 7) is 19.8. The second kappa shape index (κ2) is 22.9. The summed E-state index contributed by atoms with van der Waals surface area (Å²) in [6.07, 6.45) is 3.19. The molecule has 13 nitrogen and oxygen atoms in total. The SMILES string of the molecule is CCO[C@@H]1C(C)C(O)OC(CO)[C@H]1O[C@@H]1OC(CO)[C@@H](O)[C@H](O)C1NC(=O)COc1c(C)c(C)c2c(c1C)CC[C@@](C)(CCC[C@H](C)CCC[C@H](C)CCCC(C)C)O2. The highest BCUT2D eigenvalue weighted by molar-refractivity contribution is 5.78. The first-order valence-electron chi connectivity index (χ1n) is 22.5. The van der Waals surface area contributed by atoms with Crippen LogP contribution in [0.4, 0.5) is 0 Å². The van der Waals surface area contributed by atoms with Crippen LogP contribution in [0.1, 0.15) is 135 Å². The fraction of sp³-hybridized carbons (Fsp3) is 0.848. The lowest BCUT2D eigenvalue weighted by molar-refractivity contribution is -0.337. The Hall–Kier alpha value is -2.07. The van der Waals surface area contributed by atoms with Crippen molar-refractivity contribution >= 4 is 5.91 Å². The van der Waals surface area contributed by atoms with E-state index in [1.165, 1.54) is 44.9 Å². The summed E-state index contributed by atoms with van der Waals surface area (Å²) in [6, 6.07) is -1.30. The van der Waals surface area contributed by atoms with Crippen molar-refractivity contribution in [3.05, 3.63) is 22.3 Å². The van der Waals surface area contributed by atoms with Crippen molar-refractivity contribution in [2.45, 2.75) is 201 Å². The van der Waals surface area contributed by atoms with Gasteiger partial charge in [0.25, 0.3) is 5.91 Å². The maximum Gasteiger partial charge on any atom is 0.258 e. The molecule has 13 atom stereocenters. The normalized spacial score (nSPS) is 32.0. The van der Waals surface area contributed by atoms with Crippen LogP contribution in [0.3, 0.4) is 0 Å². The second-order valence-corrected chi connectivity index (χ2v) is 18.6. The number of ether oxygens (including phenoxy) is 6. The summed E-state index contributed by atoms with van der Waals surface area (Å²) in [7, 11) is 0. The van der Waals surface area contributed by atoms with Crippen molar-refractivity contribution in [3.8, 4) is 11.5 Å². The number of benzene rings is 1. The molecule has 1 aromatic rings. The van der Waals surface area contributed by atoms with E-state index >= 15 is 0 Å². The quantitative estimate of drug-likeness (QED) is 0.0855. The zero-order chi connectivity index (χ0) is 43.6. The molecule has 0 bridgehead atoms. The van der Waals surface area contributed by atoms with Crippen LogP contribution in [0.5, 0.6) is 11.5 Å². The first-order valence-corrected chi connectivity index (χ1v) is 22.5. The zero-order valence-corrected chi connectivity index (χ0v) is 37.7. The van der Waals surface area contributed by atoms with Gasteiger partial charge in [-0.25, -0.2) is 0 Å². The highest BCUT2D eigenvalue weighted by Crippen LogP contribution is 2.45. The maximum absolute atomic E-state index is 13.5. The predicted molar refractivity (Wildman–Crippen MR) is 225 cm³/mol. The van der Waals surface area contributed by atoms with Gasteiger partial charge in [-0.05, 0) is 94.7 Å². The largest absolute Gasteiger partial charge is 0.487 e. The molecule has 6 N–H and O–H groups in total. The third kappa shape index (κ3) is 13.0. The average molecular weight is 838 g/mol. The van der Waals surface area contributed by atoms with Gasteiger partial charge in [0.15, 0.2) is 19.2 Å². The minimum atomic E-state index is -1.59. The average Bonchev–Trinajstić information content (AvgIpc) is 3.19. The molecular weight excluding hydrogens is 759 g/mol. The molecule has 5 unspecified atom stereocenters. The van der Waals surface area contributed by atoms with Gasteiger partial charge in [0, 0.05) is 18.1 Å². The molecule has 0 radical (unpaired) electrons. The molecule has 1 amide bonds. The van der Waals surface area contributed by atoms with Crippen molar-refractivity contribution in [2.24, 2.45) is 23.7 Å². The maximum atomic E-state index is 13.5. The van der Waals surface area contributed by atoms with E-state index < -0.39 is 86.9 Å². The van der Waals surface area contributed by atoms with Crippen molar-refractivity contribution in [3.63, 3.8) is 0 Å². The lowest BCUT2D eigenvalue weighted by atomic mass is 9.83. The Morgan fingerprint density at radius 1 is 0.847 bits per heavy atom. The molecule has 3 aliphatic heterocycles. The molecule has 3 aliphatic rings. The number of rotatable bonds is 22. The van der Waals surface area contributed by atoms with E-state index in [0.29, 0.717) is 11.7 Å². The number of aliphatic hydroxyl groups excluding tert-OH is 5. The van der Waals surface area contributed by atoms with Crippen LogP contribution in [0.15, 0.2) is 0 Å². The van der Waals surface area contributed by atoms with Crippen LogP contribution in [-0.4, -0.2) is 119 Å². The lowest BCUT2D eigenvalue weighted by Gasteiger charge is -2.48. The Balaban J connectivity index is 1.36. The van der Waals surface area contributed by atoms with E-state index in [2.05, 4.69) is 39.9 Å². The Morgan fingerprint density at radius 3 is 2.08 bits per heavy atom. The van der Waals surface area contributed by atoms with E-state index in [0.717, 1.165) is 65.5 Å². The van der Waals surface area contributed by atoms with E-state index in [9.17, 15) is 30.3 Å². The van der Waals surface area contributed by atoms with Gasteiger partial charge in [0.05, 0.1) is 19.3 Å². The third-order valence-corrected chi connectivity index (χ3v) is 13.2. The van der Waals surface area contributed by atoms with E-state index in [1.807, 2.05) is 20.8 Å². The van der Waals surface area contributed by atoms with E-state index in [4.69, 9.17) is 28.4 Å². The standard InChI is InChI=1S/C46H79NO12/c1-11-54-42-32(9)44(53)56-35(24-49)43(42)58-45-37(39(52)38(51)34(23-48)57-45)47-36(50)25-55-40-29(6)30(7)41-33(31(40)8)20-22-46(10,59-41)21-14-19-28(5)18-13-17-27(4)16-12-15-26(2)3/h26-28,32,34-35,37-39,42-45,48-49,51-53H,11-25H2,1-10H3,(H,47,50)/t27-,28-,32?,34?,35?,37?,38-,39-,42-,43-,44?,45+,46-/m1/s1. The molecule has 2 saturated heterocycles. The van der Waals surface area contributed by atoms with Crippen molar-refractivity contribution in [1.29, 1.82) is 0 Å². The van der Waals surface area contributed by atoms with Gasteiger partial charge in [-0.2, -0.15) is 0 Å². The number of carbonyl (C=O) groups is 1. The molecule has 2 fully saturated rings.